The number of benzene rings is 1. The number of primary amides is 1. The second kappa shape index (κ2) is 7.17. The molecule has 0 unspecified atom stereocenters. The van der Waals surface area contributed by atoms with E-state index >= 15 is 0 Å². The smallest absolute Gasteiger partial charge is 0.239 e. The lowest BCUT2D eigenvalue weighted by Gasteiger charge is -2.34. The van der Waals surface area contributed by atoms with Crippen LogP contribution in [0.2, 0.25) is 0 Å². The van der Waals surface area contributed by atoms with E-state index < -0.39 is 17.7 Å². The molecule has 3 N–H and O–H groups in total. The Morgan fingerprint density at radius 1 is 1.38 bits per heavy atom. The van der Waals surface area contributed by atoms with Crippen molar-refractivity contribution < 1.29 is 18.7 Å². The topological polar surface area (TPSA) is 73.6 Å². The van der Waals surface area contributed by atoms with E-state index in [1.165, 1.54) is 12.1 Å². The van der Waals surface area contributed by atoms with Crippen molar-refractivity contribution in [3.8, 4) is 0 Å². The minimum atomic E-state index is -0.669. The van der Waals surface area contributed by atoms with E-state index in [-0.39, 0.29) is 11.9 Å². The van der Waals surface area contributed by atoms with Gasteiger partial charge in [-0.25, -0.2) is 4.39 Å². The fourth-order valence-electron chi connectivity index (χ4n) is 3.47. The molecule has 24 heavy (non-hydrogen) atoms. The summed E-state index contributed by atoms with van der Waals surface area (Å²) in [5.74, 6) is -0.570. The molecule has 6 heteroatoms. The van der Waals surface area contributed by atoms with Crippen LogP contribution in [-0.4, -0.2) is 30.9 Å². The summed E-state index contributed by atoms with van der Waals surface area (Å²) in [6, 6.07) is 5.10. The van der Waals surface area contributed by atoms with Gasteiger partial charge >= 0.3 is 0 Å². The van der Waals surface area contributed by atoms with Gasteiger partial charge in [-0.15, -0.1) is 0 Å². The summed E-state index contributed by atoms with van der Waals surface area (Å²) in [5, 5.41) is 3.13. The second-order valence-corrected chi connectivity index (χ2v) is 6.94. The molecule has 1 aromatic rings. The summed E-state index contributed by atoms with van der Waals surface area (Å²) < 4.78 is 25.1. The van der Waals surface area contributed by atoms with E-state index in [1.807, 2.05) is 0 Å². The Labute approximate surface area is 141 Å². The van der Waals surface area contributed by atoms with Gasteiger partial charge in [0.15, 0.2) is 5.79 Å². The van der Waals surface area contributed by atoms with Crippen LogP contribution in [0.1, 0.15) is 44.2 Å². The Balaban J connectivity index is 1.56. The zero-order valence-corrected chi connectivity index (χ0v) is 14.0. The average Bonchev–Trinajstić information content (AvgIpc) is 2.95. The quantitative estimate of drug-likeness (QED) is 0.865. The van der Waals surface area contributed by atoms with Crippen molar-refractivity contribution in [3.63, 3.8) is 0 Å². The maximum absolute atomic E-state index is 13.0. The highest BCUT2D eigenvalue weighted by molar-refractivity contribution is 5.81. The van der Waals surface area contributed by atoms with Gasteiger partial charge in [-0.1, -0.05) is 19.1 Å². The number of ether oxygens (including phenoxy) is 2. The third-order valence-corrected chi connectivity index (χ3v) is 4.99. The lowest BCUT2D eigenvalue weighted by molar-refractivity contribution is -0.191. The number of halogens is 1. The number of rotatable bonds is 5. The van der Waals surface area contributed by atoms with Crippen LogP contribution < -0.4 is 11.1 Å². The molecule has 2 aliphatic rings. The van der Waals surface area contributed by atoms with Crippen molar-refractivity contribution in [2.45, 2.75) is 50.5 Å². The standard InChI is InChI=1S/C18H25FN2O3/c1-12-6-8-18(9-7-12)23-11-15(24-18)10-21-16(17(20)22)13-2-4-14(19)5-3-13/h2-5,12,15-16,21H,6-11H2,1H3,(H2,20,22)/t12?,15-,16+,18?/m0/s1. The highest BCUT2D eigenvalue weighted by Crippen LogP contribution is 2.39. The van der Waals surface area contributed by atoms with Crippen LogP contribution in [0.4, 0.5) is 4.39 Å². The third-order valence-electron chi connectivity index (χ3n) is 4.99. The first kappa shape index (κ1) is 17.3. The van der Waals surface area contributed by atoms with E-state index in [9.17, 15) is 9.18 Å². The van der Waals surface area contributed by atoms with Gasteiger partial charge < -0.3 is 15.2 Å². The molecule has 132 valence electrons. The fourth-order valence-corrected chi connectivity index (χ4v) is 3.47. The third kappa shape index (κ3) is 3.94. The molecule has 2 fully saturated rings. The number of hydrogen-bond acceptors (Lipinski definition) is 4. The van der Waals surface area contributed by atoms with Crippen molar-refractivity contribution in [3.05, 3.63) is 35.6 Å². The van der Waals surface area contributed by atoms with Crippen molar-refractivity contribution in [1.82, 2.24) is 5.32 Å². The molecule has 1 amide bonds. The Hall–Kier alpha value is -1.50. The largest absolute Gasteiger partial charge is 0.368 e. The first-order valence-corrected chi connectivity index (χ1v) is 8.57. The van der Waals surface area contributed by atoms with Gasteiger partial charge in [-0.3, -0.25) is 10.1 Å². The summed E-state index contributed by atoms with van der Waals surface area (Å²) in [6.45, 7) is 3.22. The summed E-state index contributed by atoms with van der Waals surface area (Å²) >= 11 is 0. The molecule has 1 heterocycles. The van der Waals surface area contributed by atoms with Crippen LogP contribution in [0.15, 0.2) is 24.3 Å². The van der Waals surface area contributed by atoms with E-state index in [0.29, 0.717) is 18.7 Å². The van der Waals surface area contributed by atoms with Gasteiger partial charge in [-0.05, 0) is 36.5 Å². The van der Waals surface area contributed by atoms with Crippen molar-refractivity contribution in [2.24, 2.45) is 11.7 Å². The number of hydrogen-bond donors (Lipinski definition) is 2. The minimum absolute atomic E-state index is 0.110. The molecule has 1 saturated carbocycles. The lowest BCUT2D eigenvalue weighted by Crippen LogP contribution is -2.40. The van der Waals surface area contributed by atoms with E-state index in [0.717, 1.165) is 31.6 Å². The highest BCUT2D eigenvalue weighted by Gasteiger charge is 2.43. The predicted molar refractivity (Wildman–Crippen MR) is 87.5 cm³/mol. The minimum Gasteiger partial charge on any atom is -0.368 e. The molecule has 1 saturated heterocycles. The first-order valence-electron chi connectivity index (χ1n) is 8.57. The molecule has 3 rings (SSSR count). The Morgan fingerprint density at radius 3 is 2.67 bits per heavy atom. The molecular formula is C18H25FN2O3. The summed E-state index contributed by atoms with van der Waals surface area (Å²) in [7, 11) is 0. The Morgan fingerprint density at radius 2 is 2.04 bits per heavy atom. The fraction of sp³-hybridized carbons (Fsp3) is 0.611. The summed E-state index contributed by atoms with van der Waals surface area (Å²) in [5.41, 5.74) is 6.12. The molecule has 0 bridgehead atoms. The highest BCUT2D eigenvalue weighted by atomic mass is 19.1. The molecule has 0 aromatic heterocycles. The summed E-state index contributed by atoms with van der Waals surface area (Å²) in [4.78, 5) is 11.7. The van der Waals surface area contributed by atoms with Gasteiger partial charge in [-0.2, -0.15) is 0 Å². The average molecular weight is 336 g/mol. The molecule has 1 aliphatic heterocycles. The lowest BCUT2D eigenvalue weighted by atomic mass is 9.86. The molecular weight excluding hydrogens is 311 g/mol. The number of amides is 1. The Kier molecular flexibility index (Phi) is 5.18. The summed E-state index contributed by atoms with van der Waals surface area (Å²) in [6.07, 6.45) is 3.95. The van der Waals surface area contributed by atoms with E-state index in [4.69, 9.17) is 15.2 Å². The van der Waals surface area contributed by atoms with Gasteiger partial charge in [0, 0.05) is 19.4 Å². The first-order chi connectivity index (χ1) is 11.5. The molecule has 1 spiro atoms. The van der Waals surface area contributed by atoms with Crippen LogP contribution >= 0.6 is 0 Å². The maximum atomic E-state index is 13.0. The van der Waals surface area contributed by atoms with Crippen molar-refractivity contribution in [2.75, 3.05) is 13.2 Å². The van der Waals surface area contributed by atoms with Crippen LogP contribution in [-0.2, 0) is 14.3 Å². The number of carbonyl (C=O) groups is 1. The number of nitrogens with two attached hydrogens (primary N) is 1. The van der Waals surface area contributed by atoms with Gasteiger partial charge in [0.2, 0.25) is 5.91 Å². The van der Waals surface area contributed by atoms with Crippen LogP contribution in [0.5, 0.6) is 0 Å². The van der Waals surface area contributed by atoms with Crippen molar-refractivity contribution >= 4 is 5.91 Å². The van der Waals surface area contributed by atoms with E-state index in [2.05, 4.69) is 12.2 Å². The second-order valence-electron chi connectivity index (χ2n) is 6.94. The monoisotopic (exact) mass is 336 g/mol. The SMILES string of the molecule is CC1CCC2(CC1)OC[C@H](CN[C@@H](C(N)=O)c1ccc(F)cc1)O2. The van der Waals surface area contributed by atoms with Crippen LogP contribution in [0, 0.1) is 11.7 Å². The maximum Gasteiger partial charge on any atom is 0.239 e. The molecule has 1 aliphatic carbocycles. The zero-order chi connectivity index (χ0) is 17.2. The van der Waals surface area contributed by atoms with Crippen LogP contribution in [0.25, 0.3) is 0 Å². The molecule has 2 atom stereocenters. The van der Waals surface area contributed by atoms with E-state index in [1.54, 1.807) is 12.1 Å². The molecule has 5 nitrogen and oxygen atoms in total. The number of carbonyl (C=O) groups excluding carboxylic acids is 1. The van der Waals surface area contributed by atoms with Gasteiger partial charge in [0.1, 0.15) is 11.9 Å². The zero-order valence-electron chi connectivity index (χ0n) is 14.0. The normalized spacial score (nSPS) is 31.2. The van der Waals surface area contributed by atoms with Crippen LogP contribution in [0.3, 0.4) is 0 Å². The number of nitrogens with one attached hydrogen (secondary N) is 1. The van der Waals surface area contributed by atoms with Gasteiger partial charge in [0.05, 0.1) is 12.7 Å². The Bertz CT molecular complexity index is 570. The van der Waals surface area contributed by atoms with Gasteiger partial charge in [0.25, 0.3) is 0 Å². The van der Waals surface area contributed by atoms with Crippen molar-refractivity contribution in [1.29, 1.82) is 0 Å². The molecule has 0 radical (unpaired) electrons. The predicted octanol–water partition coefficient (Wildman–Crippen LogP) is 2.26. The molecule has 1 aromatic carbocycles.